The Labute approximate surface area is 194 Å². The summed E-state index contributed by atoms with van der Waals surface area (Å²) in [5.41, 5.74) is 5.01. The number of nitrogens with zero attached hydrogens (tertiary/aromatic N) is 2. The van der Waals surface area contributed by atoms with Crippen LogP contribution in [0, 0.1) is 0 Å². The molecular formula is C16H24BF3KN3O2. The van der Waals surface area contributed by atoms with Crippen LogP contribution in [0.1, 0.15) is 26.3 Å². The Bertz CT molecular complexity index is 630. The van der Waals surface area contributed by atoms with Crippen molar-refractivity contribution in [1.82, 2.24) is 9.80 Å². The molecule has 26 heavy (non-hydrogen) atoms. The number of carbonyl (C=O) groups is 1. The molecule has 0 unspecified atom stereocenters. The molecule has 1 heterocycles. The van der Waals surface area contributed by atoms with Crippen LogP contribution in [0.25, 0.3) is 0 Å². The topological polar surface area (TPSA) is 58.8 Å². The van der Waals surface area contributed by atoms with Crippen molar-refractivity contribution < 1.29 is 73.9 Å². The average molecular weight is 397 g/mol. The number of piperazine rings is 1. The molecule has 0 saturated carbocycles. The molecule has 0 aliphatic carbocycles. The number of ether oxygens (including phenoxy) is 1. The maximum atomic E-state index is 12.9. The molecule has 1 fully saturated rings. The molecule has 0 radical (unpaired) electrons. The van der Waals surface area contributed by atoms with Crippen LogP contribution in [-0.2, 0) is 11.3 Å². The van der Waals surface area contributed by atoms with E-state index in [0.717, 1.165) is 12.1 Å². The predicted octanol–water partition coefficient (Wildman–Crippen LogP) is -0.620. The Kier molecular flexibility index (Phi) is 8.50. The van der Waals surface area contributed by atoms with E-state index in [1.54, 1.807) is 31.7 Å². The molecule has 1 amide bonds. The van der Waals surface area contributed by atoms with Crippen molar-refractivity contribution in [2.45, 2.75) is 32.9 Å². The van der Waals surface area contributed by atoms with Gasteiger partial charge in [-0.1, -0.05) is 12.1 Å². The fourth-order valence-corrected chi connectivity index (χ4v) is 2.70. The molecule has 10 heteroatoms. The van der Waals surface area contributed by atoms with E-state index in [-0.39, 0.29) is 63.2 Å². The van der Waals surface area contributed by atoms with Crippen molar-refractivity contribution >= 4 is 24.2 Å². The van der Waals surface area contributed by atoms with E-state index >= 15 is 0 Å². The molecule has 1 aromatic carbocycles. The number of carbonyl (C=O) groups excluding carboxylic acids is 1. The van der Waals surface area contributed by atoms with Crippen molar-refractivity contribution in [3.63, 3.8) is 0 Å². The van der Waals surface area contributed by atoms with Gasteiger partial charge in [0.1, 0.15) is 5.60 Å². The van der Waals surface area contributed by atoms with Gasteiger partial charge in [0.05, 0.1) is 0 Å². The summed E-state index contributed by atoms with van der Waals surface area (Å²) in [5, 5.41) is 0. The first kappa shape index (κ1) is 23.8. The number of hydrogen-bond donors (Lipinski definition) is 1. The van der Waals surface area contributed by atoms with Gasteiger partial charge in [-0.15, -0.1) is 5.46 Å². The molecule has 140 valence electrons. The van der Waals surface area contributed by atoms with Gasteiger partial charge in [0.15, 0.2) is 0 Å². The summed E-state index contributed by atoms with van der Waals surface area (Å²) in [6.07, 6.45) is -0.363. The van der Waals surface area contributed by atoms with Crippen molar-refractivity contribution in [2.24, 2.45) is 0 Å². The van der Waals surface area contributed by atoms with Gasteiger partial charge in [0.2, 0.25) is 0 Å². The molecule has 0 aromatic heterocycles. The van der Waals surface area contributed by atoms with E-state index in [1.807, 2.05) is 4.90 Å². The third-order valence-corrected chi connectivity index (χ3v) is 3.85. The second-order valence-electron chi connectivity index (χ2n) is 7.33. The van der Waals surface area contributed by atoms with Crippen LogP contribution in [-0.4, -0.2) is 54.7 Å². The SMILES string of the molecule is CC(C)(C)OC(=O)N1CCN(Cc2cc(N)cc([B-](F)(F)F)c2)CC1.[K+]. The Balaban J connectivity index is 0.00000338. The molecule has 5 nitrogen and oxygen atoms in total. The van der Waals surface area contributed by atoms with Crippen molar-refractivity contribution in [3.8, 4) is 0 Å². The molecule has 1 saturated heterocycles. The monoisotopic (exact) mass is 397 g/mol. The number of rotatable bonds is 3. The molecule has 0 spiro atoms. The van der Waals surface area contributed by atoms with Crippen LogP contribution in [0.2, 0.25) is 0 Å². The third-order valence-electron chi connectivity index (χ3n) is 3.85. The van der Waals surface area contributed by atoms with Gasteiger partial charge in [-0.25, -0.2) is 4.79 Å². The number of hydrogen-bond acceptors (Lipinski definition) is 4. The summed E-state index contributed by atoms with van der Waals surface area (Å²) in [7, 11) is 0. The second kappa shape index (κ2) is 9.29. The van der Waals surface area contributed by atoms with Gasteiger partial charge in [0.25, 0.3) is 0 Å². The summed E-state index contributed by atoms with van der Waals surface area (Å²) >= 11 is 0. The van der Waals surface area contributed by atoms with Crippen LogP contribution in [0.5, 0.6) is 0 Å². The summed E-state index contributed by atoms with van der Waals surface area (Å²) in [6.45, 7) is 2.81. The molecule has 2 rings (SSSR count). The van der Waals surface area contributed by atoms with Crippen molar-refractivity contribution in [3.05, 3.63) is 23.8 Å². The number of nitrogen functional groups attached to an aromatic ring is 1. The van der Waals surface area contributed by atoms with Crippen LogP contribution in [0.15, 0.2) is 18.2 Å². The minimum atomic E-state index is -5.07. The van der Waals surface area contributed by atoms with Gasteiger partial charge in [-0.05, 0) is 32.4 Å². The maximum Gasteiger partial charge on any atom is 1.00 e. The van der Waals surface area contributed by atoms with Crippen molar-refractivity contribution in [2.75, 3.05) is 31.9 Å². The van der Waals surface area contributed by atoms with Gasteiger partial charge < -0.3 is 28.3 Å². The molecule has 1 aliphatic rings. The minimum Gasteiger partial charge on any atom is -0.445 e. The second-order valence-corrected chi connectivity index (χ2v) is 7.33. The van der Waals surface area contributed by atoms with E-state index in [9.17, 15) is 17.7 Å². The predicted molar refractivity (Wildman–Crippen MR) is 92.7 cm³/mol. The van der Waals surface area contributed by atoms with Gasteiger partial charge in [0, 0.05) is 38.4 Å². The molecular weight excluding hydrogens is 373 g/mol. The maximum absolute atomic E-state index is 12.9. The summed E-state index contributed by atoms with van der Waals surface area (Å²) in [5.74, 6) is 0. The van der Waals surface area contributed by atoms with Gasteiger partial charge >= 0.3 is 64.5 Å². The molecule has 1 aliphatic heterocycles. The van der Waals surface area contributed by atoms with Crippen LogP contribution >= 0.6 is 0 Å². The number of benzene rings is 1. The smallest absolute Gasteiger partial charge is 0.445 e. The Morgan fingerprint density at radius 3 is 2.23 bits per heavy atom. The third kappa shape index (κ3) is 7.40. The number of nitrogens with two attached hydrogens (primary N) is 1. The van der Waals surface area contributed by atoms with Crippen LogP contribution in [0.3, 0.4) is 0 Å². The van der Waals surface area contributed by atoms with Crippen LogP contribution < -0.4 is 62.6 Å². The zero-order valence-corrected chi connectivity index (χ0v) is 18.9. The largest absolute Gasteiger partial charge is 1.00 e. The average Bonchev–Trinajstić information content (AvgIpc) is 2.44. The summed E-state index contributed by atoms with van der Waals surface area (Å²) in [6, 6.07) is 3.67. The standard InChI is InChI=1S/C16H24BF3N3O2.K/c1-16(2,3)25-15(24)23-6-4-22(5-7-23)11-12-8-13(17(18,19)20)10-14(21)9-12;/h8-10H,4-7,11,21H2,1-3H3;/q-1;+1. The molecule has 0 bridgehead atoms. The van der Waals surface area contributed by atoms with E-state index in [1.165, 1.54) is 0 Å². The fourth-order valence-electron chi connectivity index (χ4n) is 2.70. The summed E-state index contributed by atoms with van der Waals surface area (Å²) in [4.78, 5) is 15.6. The van der Waals surface area contributed by atoms with Crippen LogP contribution in [0.4, 0.5) is 23.4 Å². The zero-order valence-electron chi connectivity index (χ0n) is 15.8. The van der Waals surface area contributed by atoms with E-state index < -0.39 is 18.0 Å². The Morgan fingerprint density at radius 1 is 1.15 bits per heavy atom. The van der Waals surface area contributed by atoms with Gasteiger partial charge in [-0.3, -0.25) is 4.90 Å². The Hall–Kier alpha value is -0.259. The first-order chi connectivity index (χ1) is 11.4. The quantitative estimate of drug-likeness (QED) is 0.546. The van der Waals surface area contributed by atoms with E-state index in [0.29, 0.717) is 38.3 Å². The molecule has 2 N–H and O–H groups in total. The fraction of sp³-hybridized carbons (Fsp3) is 0.562. The minimum absolute atomic E-state index is 0. The molecule has 0 atom stereocenters. The number of anilines is 1. The first-order valence-electron chi connectivity index (χ1n) is 8.23. The Morgan fingerprint density at radius 2 is 1.73 bits per heavy atom. The molecule has 1 aromatic rings. The van der Waals surface area contributed by atoms with Gasteiger partial charge in [-0.2, -0.15) is 0 Å². The zero-order chi connectivity index (χ0) is 18.8. The number of amides is 1. The first-order valence-corrected chi connectivity index (χ1v) is 8.23. The number of halogens is 3. The summed E-state index contributed by atoms with van der Waals surface area (Å²) < 4.78 is 44.1. The van der Waals surface area contributed by atoms with E-state index in [4.69, 9.17) is 10.5 Å². The normalized spacial score (nSPS) is 16.2. The van der Waals surface area contributed by atoms with Crippen molar-refractivity contribution in [1.29, 1.82) is 0 Å². The van der Waals surface area contributed by atoms with E-state index in [2.05, 4.69) is 0 Å².